The number of carbonyl (C=O) groups is 1. The highest BCUT2D eigenvalue weighted by Gasteiger charge is 2.28. The molecule has 21 heavy (non-hydrogen) atoms. The van der Waals surface area contributed by atoms with Crippen LogP contribution < -0.4 is 10.1 Å². The van der Waals surface area contributed by atoms with E-state index in [2.05, 4.69) is 5.32 Å². The van der Waals surface area contributed by atoms with Crippen LogP contribution >= 0.6 is 0 Å². The molecule has 4 nitrogen and oxygen atoms in total. The zero-order valence-corrected chi connectivity index (χ0v) is 12.9. The van der Waals surface area contributed by atoms with Gasteiger partial charge >= 0.3 is 0 Å². The molecular weight excluding hydrogens is 266 g/mol. The average molecular weight is 291 g/mol. The fraction of sp³-hybridized carbons (Fsp3) is 0.588. The number of amides is 1. The first-order valence-electron chi connectivity index (χ1n) is 7.69. The molecule has 0 radical (unpaired) electrons. The van der Waals surface area contributed by atoms with E-state index in [0.29, 0.717) is 17.9 Å². The van der Waals surface area contributed by atoms with Crippen LogP contribution in [0.3, 0.4) is 0 Å². The third kappa shape index (κ3) is 4.21. The van der Waals surface area contributed by atoms with Gasteiger partial charge in [-0.1, -0.05) is 31.7 Å². The molecule has 116 valence electrons. The number of rotatable bonds is 4. The Balaban J connectivity index is 1.98. The van der Waals surface area contributed by atoms with E-state index in [0.717, 1.165) is 31.2 Å². The maximum Gasteiger partial charge on any atom is 0.251 e. The third-order valence-corrected chi connectivity index (χ3v) is 4.28. The van der Waals surface area contributed by atoms with E-state index in [1.54, 1.807) is 19.2 Å². The summed E-state index contributed by atoms with van der Waals surface area (Å²) in [5, 5.41) is 13.4. The molecule has 1 amide bonds. The number of carbonyl (C=O) groups excluding carboxylic acids is 1. The predicted molar refractivity (Wildman–Crippen MR) is 82.7 cm³/mol. The molecule has 0 unspecified atom stereocenters. The van der Waals surface area contributed by atoms with E-state index in [-0.39, 0.29) is 5.91 Å². The van der Waals surface area contributed by atoms with Crippen LogP contribution in [0.15, 0.2) is 18.2 Å². The van der Waals surface area contributed by atoms with Crippen LogP contribution in [0.25, 0.3) is 0 Å². The van der Waals surface area contributed by atoms with Crippen molar-refractivity contribution in [2.45, 2.75) is 51.0 Å². The van der Waals surface area contributed by atoms with Crippen molar-refractivity contribution in [1.29, 1.82) is 0 Å². The Morgan fingerprint density at radius 3 is 2.57 bits per heavy atom. The number of ether oxygens (including phenoxy) is 1. The summed E-state index contributed by atoms with van der Waals surface area (Å²) in [5.41, 5.74) is 0.812. The lowest BCUT2D eigenvalue weighted by atomic mass is 9.94. The molecule has 1 fully saturated rings. The topological polar surface area (TPSA) is 58.6 Å². The van der Waals surface area contributed by atoms with Gasteiger partial charge in [0, 0.05) is 12.1 Å². The standard InChI is InChI=1S/C17H25NO3/c1-13-7-8-14(11-15(13)21-2)16(19)18-12-17(20)9-5-3-4-6-10-17/h7-8,11,20H,3-6,9-10,12H2,1-2H3,(H,18,19). The van der Waals surface area contributed by atoms with E-state index in [1.165, 1.54) is 12.8 Å². The van der Waals surface area contributed by atoms with Gasteiger partial charge in [-0.25, -0.2) is 0 Å². The molecule has 2 rings (SSSR count). The minimum Gasteiger partial charge on any atom is -0.496 e. The normalized spacial score (nSPS) is 17.9. The summed E-state index contributed by atoms with van der Waals surface area (Å²) < 4.78 is 5.24. The van der Waals surface area contributed by atoms with Crippen molar-refractivity contribution in [2.24, 2.45) is 0 Å². The van der Waals surface area contributed by atoms with Gasteiger partial charge in [0.1, 0.15) is 5.75 Å². The smallest absolute Gasteiger partial charge is 0.251 e. The molecule has 1 aromatic carbocycles. The summed E-state index contributed by atoms with van der Waals surface area (Å²) >= 11 is 0. The van der Waals surface area contributed by atoms with Crippen LogP contribution in [0.5, 0.6) is 5.75 Å². The fourth-order valence-electron chi connectivity index (χ4n) is 2.87. The van der Waals surface area contributed by atoms with Crippen LogP contribution in [0.1, 0.15) is 54.4 Å². The summed E-state index contributed by atoms with van der Waals surface area (Å²) in [6, 6.07) is 5.39. The van der Waals surface area contributed by atoms with E-state index in [4.69, 9.17) is 4.74 Å². The summed E-state index contributed by atoms with van der Waals surface area (Å²) in [4.78, 5) is 12.2. The molecule has 0 atom stereocenters. The van der Waals surface area contributed by atoms with Gasteiger partial charge in [-0.3, -0.25) is 4.79 Å². The summed E-state index contributed by atoms with van der Waals surface area (Å²) in [6.45, 7) is 2.26. The lowest BCUT2D eigenvalue weighted by Crippen LogP contribution is -2.42. The Bertz CT molecular complexity index is 491. The van der Waals surface area contributed by atoms with Gasteiger partial charge in [-0.2, -0.15) is 0 Å². The molecule has 0 saturated heterocycles. The predicted octanol–water partition coefficient (Wildman–Crippen LogP) is 2.82. The molecule has 0 aromatic heterocycles. The zero-order chi connectivity index (χ0) is 15.3. The second-order valence-electron chi connectivity index (χ2n) is 6.01. The molecule has 1 saturated carbocycles. The van der Waals surface area contributed by atoms with Crippen LogP contribution in [-0.4, -0.2) is 30.3 Å². The highest BCUT2D eigenvalue weighted by molar-refractivity contribution is 5.94. The summed E-state index contributed by atoms with van der Waals surface area (Å²) in [7, 11) is 1.60. The van der Waals surface area contributed by atoms with Crippen molar-refractivity contribution in [1.82, 2.24) is 5.32 Å². The molecule has 2 N–H and O–H groups in total. The van der Waals surface area contributed by atoms with Crippen molar-refractivity contribution in [3.05, 3.63) is 29.3 Å². The Morgan fingerprint density at radius 2 is 1.95 bits per heavy atom. The molecule has 0 heterocycles. The van der Waals surface area contributed by atoms with Gasteiger partial charge < -0.3 is 15.2 Å². The van der Waals surface area contributed by atoms with Gasteiger partial charge in [-0.15, -0.1) is 0 Å². The number of hydrogen-bond donors (Lipinski definition) is 2. The highest BCUT2D eigenvalue weighted by Crippen LogP contribution is 2.26. The molecule has 1 aromatic rings. The van der Waals surface area contributed by atoms with E-state index >= 15 is 0 Å². The third-order valence-electron chi connectivity index (χ3n) is 4.28. The van der Waals surface area contributed by atoms with Crippen LogP contribution in [-0.2, 0) is 0 Å². The van der Waals surface area contributed by atoms with E-state index in [9.17, 15) is 9.90 Å². The number of aliphatic hydroxyl groups is 1. The number of methoxy groups -OCH3 is 1. The summed E-state index contributed by atoms with van der Waals surface area (Å²) in [5.74, 6) is 0.543. The Labute approximate surface area is 126 Å². The zero-order valence-electron chi connectivity index (χ0n) is 12.9. The fourth-order valence-corrected chi connectivity index (χ4v) is 2.87. The van der Waals surface area contributed by atoms with E-state index < -0.39 is 5.60 Å². The minimum atomic E-state index is -0.749. The van der Waals surface area contributed by atoms with Crippen LogP contribution in [0, 0.1) is 6.92 Å². The van der Waals surface area contributed by atoms with Crippen molar-refractivity contribution in [3.8, 4) is 5.75 Å². The molecule has 0 aliphatic heterocycles. The molecule has 1 aliphatic rings. The van der Waals surface area contributed by atoms with Crippen molar-refractivity contribution >= 4 is 5.91 Å². The maximum absolute atomic E-state index is 12.2. The highest BCUT2D eigenvalue weighted by atomic mass is 16.5. The number of benzene rings is 1. The quantitative estimate of drug-likeness (QED) is 0.839. The Morgan fingerprint density at radius 1 is 1.29 bits per heavy atom. The maximum atomic E-state index is 12.2. The SMILES string of the molecule is COc1cc(C(=O)NCC2(O)CCCCCC2)ccc1C. The first-order valence-corrected chi connectivity index (χ1v) is 7.69. The van der Waals surface area contributed by atoms with Gasteiger partial charge in [0.25, 0.3) is 5.91 Å². The number of aryl methyl sites for hydroxylation is 1. The van der Waals surface area contributed by atoms with Crippen molar-refractivity contribution in [2.75, 3.05) is 13.7 Å². The molecule has 1 aliphatic carbocycles. The molecular formula is C17H25NO3. The van der Waals surface area contributed by atoms with Crippen LogP contribution in [0.4, 0.5) is 0 Å². The largest absolute Gasteiger partial charge is 0.496 e. The van der Waals surface area contributed by atoms with Gasteiger partial charge in [0.05, 0.1) is 12.7 Å². The van der Waals surface area contributed by atoms with Crippen molar-refractivity contribution < 1.29 is 14.6 Å². The Kier molecular flexibility index (Phi) is 5.23. The summed E-state index contributed by atoms with van der Waals surface area (Å²) in [6.07, 6.45) is 5.95. The second-order valence-corrected chi connectivity index (χ2v) is 6.01. The molecule has 0 bridgehead atoms. The van der Waals surface area contributed by atoms with Gasteiger partial charge in [-0.05, 0) is 37.5 Å². The van der Waals surface area contributed by atoms with Crippen LogP contribution in [0.2, 0.25) is 0 Å². The minimum absolute atomic E-state index is 0.161. The lowest BCUT2D eigenvalue weighted by molar-refractivity contribution is 0.0246. The average Bonchev–Trinajstić information content (AvgIpc) is 2.70. The first kappa shape index (κ1) is 15.8. The van der Waals surface area contributed by atoms with Gasteiger partial charge in [0.2, 0.25) is 0 Å². The second kappa shape index (κ2) is 6.94. The monoisotopic (exact) mass is 291 g/mol. The lowest BCUT2D eigenvalue weighted by Gasteiger charge is -2.26. The number of nitrogens with one attached hydrogen (secondary N) is 1. The van der Waals surface area contributed by atoms with E-state index in [1.807, 2.05) is 13.0 Å². The van der Waals surface area contributed by atoms with Gasteiger partial charge in [0.15, 0.2) is 0 Å². The number of hydrogen-bond acceptors (Lipinski definition) is 3. The van der Waals surface area contributed by atoms with Crippen molar-refractivity contribution in [3.63, 3.8) is 0 Å². The first-order chi connectivity index (χ1) is 10.0. The molecule has 4 heteroatoms. The molecule has 0 spiro atoms. The Hall–Kier alpha value is -1.55.